The van der Waals surface area contributed by atoms with Gasteiger partial charge in [-0.15, -0.1) is 0 Å². The van der Waals surface area contributed by atoms with Crippen LogP contribution in [0, 0.1) is 0 Å². The highest BCUT2D eigenvalue weighted by atomic mass is 19.4. The maximum Gasteiger partial charge on any atom is 0.503 e. The number of carbonyl (C=O) groups is 1. The highest BCUT2D eigenvalue weighted by Crippen LogP contribution is 2.30. The van der Waals surface area contributed by atoms with Crippen molar-refractivity contribution >= 4 is 6.16 Å². The minimum atomic E-state index is -4.33. The van der Waals surface area contributed by atoms with Crippen molar-refractivity contribution in [2.45, 2.75) is 12.4 Å². The van der Waals surface area contributed by atoms with Crippen molar-refractivity contribution in [3.63, 3.8) is 0 Å². The van der Waals surface area contributed by atoms with Gasteiger partial charge in [0.1, 0.15) is 11.5 Å². The van der Waals surface area contributed by atoms with Gasteiger partial charge in [0.2, 0.25) is 0 Å². The number of phenols is 2. The Labute approximate surface area is 142 Å². The molecular formula is C15H12F6O5. The summed E-state index contributed by atoms with van der Waals surface area (Å²) in [5.74, 6) is -0.337. The van der Waals surface area contributed by atoms with Crippen LogP contribution >= 0.6 is 0 Å². The molecule has 5 nitrogen and oxygen atoms in total. The molecule has 0 aliphatic heterocycles. The summed E-state index contributed by atoms with van der Waals surface area (Å²) < 4.78 is 71.0. The maximum atomic E-state index is 11.8. The van der Waals surface area contributed by atoms with Crippen LogP contribution in [0.15, 0.2) is 48.5 Å². The molecule has 0 radical (unpaired) electrons. The fourth-order valence-corrected chi connectivity index (χ4v) is 1.30. The number of carboxylic acid groups (broad SMARTS) is 2. The summed E-state index contributed by atoms with van der Waals surface area (Å²) in [7, 11) is 0. The van der Waals surface area contributed by atoms with E-state index in [1.54, 1.807) is 0 Å². The van der Waals surface area contributed by atoms with Crippen LogP contribution in [0.2, 0.25) is 0 Å². The van der Waals surface area contributed by atoms with E-state index in [9.17, 15) is 26.3 Å². The van der Waals surface area contributed by atoms with E-state index in [0.717, 1.165) is 48.5 Å². The van der Waals surface area contributed by atoms with Gasteiger partial charge in [0, 0.05) is 0 Å². The van der Waals surface area contributed by atoms with E-state index in [1.807, 2.05) is 0 Å². The Kier molecular flexibility index (Phi) is 8.27. The smallest absolute Gasteiger partial charge is 0.503 e. The third-order valence-electron chi connectivity index (χ3n) is 2.39. The summed E-state index contributed by atoms with van der Waals surface area (Å²) in [6.45, 7) is 0. The molecule has 2 aromatic rings. The van der Waals surface area contributed by atoms with Gasteiger partial charge in [0.15, 0.2) is 0 Å². The normalized spacial score (nSPS) is 10.7. The van der Waals surface area contributed by atoms with Crippen molar-refractivity contribution < 1.29 is 51.6 Å². The molecule has 0 spiro atoms. The molecule has 11 heteroatoms. The Morgan fingerprint density at radius 3 is 0.962 bits per heavy atom. The highest BCUT2D eigenvalue weighted by Gasteiger charge is 2.30. The second kappa shape index (κ2) is 9.39. The Morgan fingerprint density at radius 1 is 0.615 bits per heavy atom. The van der Waals surface area contributed by atoms with Gasteiger partial charge >= 0.3 is 18.5 Å². The van der Waals surface area contributed by atoms with Gasteiger partial charge < -0.3 is 20.4 Å². The van der Waals surface area contributed by atoms with Crippen LogP contribution in [-0.2, 0) is 12.4 Å². The fraction of sp³-hybridized carbons (Fsp3) is 0.133. The van der Waals surface area contributed by atoms with Crippen molar-refractivity contribution in [3.8, 4) is 11.5 Å². The number of rotatable bonds is 0. The van der Waals surface area contributed by atoms with Crippen LogP contribution in [0.3, 0.4) is 0 Å². The number of alkyl halides is 6. The van der Waals surface area contributed by atoms with Crippen molar-refractivity contribution in [1.29, 1.82) is 0 Å². The maximum absolute atomic E-state index is 11.8. The molecule has 26 heavy (non-hydrogen) atoms. The standard InChI is InChI=1S/2C7H5F3O.CH2O3/c2*8-7(9,10)5-1-3-6(11)4-2-5;2-1(3)4/h2*1-4,11H;(H2,2,3,4). The van der Waals surface area contributed by atoms with E-state index < -0.39 is 29.6 Å². The molecule has 0 fully saturated rings. The van der Waals surface area contributed by atoms with E-state index in [2.05, 4.69) is 0 Å². The van der Waals surface area contributed by atoms with Crippen molar-refractivity contribution in [2.75, 3.05) is 0 Å². The lowest BCUT2D eigenvalue weighted by Crippen LogP contribution is -2.03. The molecule has 0 heterocycles. The zero-order valence-electron chi connectivity index (χ0n) is 12.6. The minimum Gasteiger partial charge on any atom is -0.508 e. The molecule has 0 saturated heterocycles. The van der Waals surface area contributed by atoms with Gasteiger partial charge in [-0.2, -0.15) is 26.3 Å². The van der Waals surface area contributed by atoms with Crippen LogP contribution in [-0.4, -0.2) is 26.6 Å². The number of hydrogen-bond donors (Lipinski definition) is 4. The van der Waals surface area contributed by atoms with Crippen LogP contribution in [0.25, 0.3) is 0 Å². The minimum absolute atomic E-state index is 0.169. The lowest BCUT2D eigenvalue weighted by atomic mass is 10.2. The third kappa shape index (κ3) is 9.90. The average molecular weight is 386 g/mol. The van der Waals surface area contributed by atoms with Gasteiger partial charge in [0.25, 0.3) is 0 Å². The first-order valence-corrected chi connectivity index (χ1v) is 6.38. The molecule has 144 valence electrons. The van der Waals surface area contributed by atoms with Crippen LogP contribution in [0.5, 0.6) is 11.5 Å². The first-order chi connectivity index (χ1) is 11.7. The van der Waals surface area contributed by atoms with Crippen molar-refractivity contribution in [1.82, 2.24) is 0 Å². The molecule has 0 aliphatic rings. The van der Waals surface area contributed by atoms with E-state index >= 15 is 0 Å². The molecule has 0 unspecified atom stereocenters. The van der Waals surface area contributed by atoms with Gasteiger partial charge in [-0.1, -0.05) is 0 Å². The molecule has 4 N–H and O–H groups in total. The average Bonchev–Trinajstić information content (AvgIpc) is 2.46. The van der Waals surface area contributed by atoms with E-state index in [1.165, 1.54) is 0 Å². The first kappa shape index (κ1) is 22.9. The van der Waals surface area contributed by atoms with Gasteiger partial charge in [-0.05, 0) is 48.5 Å². The first-order valence-electron chi connectivity index (χ1n) is 6.38. The quantitative estimate of drug-likeness (QED) is 0.476. The van der Waals surface area contributed by atoms with Crippen LogP contribution < -0.4 is 0 Å². The number of aromatic hydroxyl groups is 2. The lowest BCUT2D eigenvalue weighted by Gasteiger charge is -2.04. The summed E-state index contributed by atoms with van der Waals surface area (Å²) in [5, 5.41) is 31.3. The predicted octanol–water partition coefficient (Wildman–Crippen LogP) is 5.04. The molecule has 0 atom stereocenters. The molecule has 2 aromatic carbocycles. The second-order valence-electron chi connectivity index (χ2n) is 4.37. The van der Waals surface area contributed by atoms with Gasteiger partial charge in [0.05, 0.1) is 11.1 Å². The molecule has 0 aromatic heterocycles. The van der Waals surface area contributed by atoms with Crippen LogP contribution in [0.1, 0.15) is 11.1 Å². The van der Waals surface area contributed by atoms with E-state index in [4.69, 9.17) is 25.2 Å². The Balaban J connectivity index is 0.000000401. The molecule has 0 amide bonds. The zero-order chi connectivity index (χ0) is 20.5. The molecule has 0 saturated carbocycles. The molecule has 2 rings (SSSR count). The second-order valence-corrected chi connectivity index (χ2v) is 4.37. The predicted molar refractivity (Wildman–Crippen MR) is 76.9 cm³/mol. The van der Waals surface area contributed by atoms with Crippen molar-refractivity contribution in [3.05, 3.63) is 59.7 Å². The number of benzene rings is 2. The van der Waals surface area contributed by atoms with Crippen LogP contribution in [0.4, 0.5) is 31.1 Å². The Morgan fingerprint density at radius 2 is 0.808 bits per heavy atom. The third-order valence-corrected chi connectivity index (χ3v) is 2.39. The van der Waals surface area contributed by atoms with Gasteiger partial charge in [-0.3, -0.25) is 0 Å². The monoisotopic (exact) mass is 386 g/mol. The summed E-state index contributed by atoms with van der Waals surface area (Å²) in [4.78, 5) is 8.56. The summed E-state index contributed by atoms with van der Waals surface area (Å²) in [5.41, 5.74) is -1.51. The van der Waals surface area contributed by atoms with Gasteiger partial charge in [-0.25, -0.2) is 4.79 Å². The zero-order valence-corrected chi connectivity index (χ0v) is 12.6. The molecule has 0 aliphatic carbocycles. The SMILES string of the molecule is O=C(O)O.Oc1ccc(C(F)(F)F)cc1.Oc1ccc(C(F)(F)F)cc1. The van der Waals surface area contributed by atoms with E-state index in [-0.39, 0.29) is 11.5 Å². The Hall–Kier alpha value is -3.11. The largest absolute Gasteiger partial charge is 0.508 e. The number of phenolic OH excluding ortho intramolecular Hbond substituents is 2. The fourth-order valence-electron chi connectivity index (χ4n) is 1.30. The topological polar surface area (TPSA) is 98.0 Å². The lowest BCUT2D eigenvalue weighted by molar-refractivity contribution is -0.138. The van der Waals surface area contributed by atoms with Crippen molar-refractivity contribution in [2.24, 2.45) is 0 Å². The van der Waals surface area contributed by atoms with E-state index in [0.29, 0.717) is 0 Å². The highest BCUT2D eigenvalue weighted by molar-refractivity contribution is 5.53. The summed E-state index contributed by atoms with van der Waals surface area (Å²) in [6.07, 6.45) is -10.5. The number of hydrogen-bond acceptors (Lipinski definition) is 3. The molecular weight excluding hydrogens is 374 g/mol. The molecule has 0 bridgehead atoms. The summed E-state index contributed by atoms with van der Waals surface area (Å²) in [6, 6.07) is 7.33. The Bertz CT molecular complexity index is 618. The number of halogens is 6. The summed E-state index contributed by atoms with van der Waals surface area (Å²) >= 11 is 0.